The molecule has 1 N–H and O–H groups in total. The molecule has 1 aromatic heterocycles. The Morgan fingerprint density at radius 3 is 2.87 bits per heavy atom. The number of carbonyl (C=O) groups is 2. The first-order chi connectivity index (χ1) is 10.8. The third kappa shape index (κ3) is 3.71. The number of amides is 2. The van der Waals surface area contributed by atoms with Crippen molar-refractivity contribution in [2.45, 2.75) is 45.1 Å². The lowest BCUT2D eigenvalue weighted by molar-refractivity contribution is -0.150. The van der Waals surface area contributed by atoms with Crippen molar-refractivity contribution >= 4 is 23.2 Å². The van der Waals surface area contributed by atoms with Gasteiger partial charge < -0.3 is 10.2 Å². The lowest BCUT2D eigenvalue weighted by atomic mass is 9.81. The Balaban J connectivity index is 1.41. The number of hydrogen-bond acceptors (Lipinski definition) is 3. The number of hydrogen-bond donors (Lipinski definition) is 1. The second kappa shape index (κ2) is 6.19. The van der Waals surface area contributed by atoms with Crippen molar-refractivity contribution in [1.29, 1.82) is 0 Å². The number of thiophene rings is 1. The molecule has 0 spiro atoms. The van der Waals surface area contributed by atoms with Gasteiger partial charge in [0.05, 0.1) is 0 Å². The average Bonchev–Trinajstić information content (AvgIpc) is 2.83. The maximum atomic E-state index is 12.7. The van der Waals surface area contributed by atoms with Gasteiger partial charge in [-0.25, -0.2) is 8.78 Å². The number of rotatable bonds is 4. The Morgan fingerprint density at radius 1 is 1.43 bits per heavy atom. The van der Waals surface area contributed by atoms with E-state index in [1.54, 1.807) is 16.2 Å². The SMILES string of the molecule is Cc1cc2c(s1)CCN(C(=O)CCNC(=O)C1CC(F)(F)C1)C2. The molecule has 1 saturated carbocycles. The zero-order valence-corrected chi connectivity index (χ0v) is 13.8. The minimum atomic E-state index is -2.69. The van der Waals surface area contributed by atoms with Crippen LogP contribution in [0.4, 0.5) is 8.78 Å². The molecule has 7 heteroatoms. The van der Waals surface area contributed by atoms with Gasteiger partial charge in [0, 0.05) is 54.6 Å². The topological polar surface area (TPSA) is 49.4 Å². The first-order valence-corrected chi connectivity index (χ1v) is 8.67. The van der Waals surface area contributed by atoms with E-state index >= 15 is 0 Å². The Labute approximate surface area is 137 Å². The van der Waals surface area contributed by atoms with Crippen LogP contribution >= 0.6 is 11.3 Å². The number of halogens is 2. The number of carbonyl (C=O) groups excluding carboxylic acids is 2. The maximum Gasteiger partial charge on any atom is 0.249 e. The summed E-state index contributed by atoms with van der Waals surface area (Å²) in [6, 6.07) is 2.12. The quantitative estimate of drug-likeness (QED) is 0.914. The van der Waals surface area contributed by atoms with Gasteiger partial charge in [0.25, 0.3) is 0 Å². The summed E-state index contributed by atoms with van der Waals surface area (Å²) < 4.78 is 25.4. The van der Waals surface area contributed by atoms with E-state index in [2.05, 4.69) is 18.3 Å². The lowest BCUT2D eigenvalue weighted by Crippen LogP contribution is -2.45. The van der Waals surface area contributed by atoms with Crippen molar-refractivity contribution in [3.63, 3.8) is 0 Å². The predicted octanol–water partition coefficient (Wildman–Crippen LogP) is 2.49. The van der Waals surface area contributed by atoms with Gasteiger partial charge in [-0.15, -0.1) is 11.3 Å². The van der Waals surface area contributed by atoms with Crippen LogP contribution in [-0.4, -0.2) is 35.7 Å². The molecule has 1 fully saturated rings. The highest BCUT2D eigenvalue weighted by Crippen LogP contribution is 2.42. The fourth-order valence-corrected chi connectivity index (χ4v) is 4.17. The van der Waals surface area contributed by atoms with Crippen LogP contribution in [0.1, 0.15) is 34.6 Å². The molecule has 4 nitrogen and oxygen atoms in total. The molecule has 0 atom stereocenters. The molecule has 0 bridgehead atoms. The first-order valence-electron chi connectivity index (χ1n) is 7.85. The standard InChI is InChI=1S/C16H20F2N2O2S/c1-10-6-11-9-20(5-3-13(11)23-10)14(21)2-4-19-15(22)12-7-16(17,18)8-12/h6,12H,2-5,7-9H2,1H3,(H,19,22). The van der Waals surface area contributed by atoms with E-state index < -0.39 is 11.8 Å². The van der Waals surface area contributed by atoms with Crippen molar-refractivity contribution in [3.8, 4) is 0 Å². The van der Waals surface area contributed by atoms with Crippen molar-refractivity contribution in [2.75, 3.05) is 13.1 Å². The van der Waals surface area contributed by atoms with Gasteiger partial charge in [-0.05, 0) is 25.0 Å². The van der Waals surface area contributed by atoms with Gasteiger partial charge in [-0.2, -0.15) is 0 Å². The molecular weight excluding hydrogens is 322 g/mol. The number of nitrogens with zero attached hydrogens (tertiary/aromatic N) is 1. The van der Waals surface area contributed by atoms with Crippen molar-refractivity contribution in [1.82, 2.24) is 10.2 Å². The molecule has 0 radical (unpaired) electrons. The van der Waals surface area contributed by atoms with Crippen LogP contribution < -0.4 is 5.32 Å². The average molecular weight is 342 g/mol. The highest BCUT2D eigenvalue weighted by atomic mass is 32.1. The van der Waals surface area contributed by atoms with Gasteiger partial charge >= 0.3 is 0 Å². The van der Waals surface area contributed by atoms with Crippen LogP contribution in [-0.2, 0) is 22.6 Å². The van der Waals surface area contributed by atoms with E-state index in [1.807, 2.05) is 0 Å². The van der Waals surface area contributed by atoms with E-state index in [9.17, 15) is 18.4 Å². The number of alkyl halides is 2. The summed E-state index contributed by atoms with van der Waals surface area (Å²) in [5.74, 6) is -3.66. The summed E-state index contributed by atoms with van der Waals surface area (Å²) >= 11 is 1.78. The molecule has 3 rings (SSSR count). The van der Waals surface area contributed by atoms with E-state index in [4.69, 9.17) is 0 Å². The normalized spacial score (nSPS) is 19.9. The second-order valence-electron chi connectivity index (χ2n) is 6.37. The molecule has 2 heterocycles. The van der Waals surface area contributed by atoms with E-state index in [0.29, 0.717) is 13.1 Å². The Morgan fingerprint density at radius 2 is 2.17 bits per heavy atom. The fraction of sp³-hybridized carbons (Fsp3) is 0.625. The maximum absolute atomic E-state index is 12.7. The van der Waals surface area contributed by atoms with Crippen LogP contribution in [0.15, 0.2) is 6.07 Å². The minimum absolute atomic E-state index is 0.00116. The van der Waals surface area contributed by atoms with Crippen LogP contribution in [0.25, 0.3) is 0 Å². The van der Waals surface area contributed by atoms with Crippen LogP contribution in [0.2, 0.25) is 0 Å². The van der Waals surface area contributed by atoms with E-state index in [0.717, 1.165) is 6.42 Å². The molecule has 1 aromatic rings. The monoisotopic (exact) mass is 342 g/mol. The van der Waals surface area contributed by atoms with Crippen LogP contribution in [0.3, 0.4) is 0 Å². The Kier molecular flexibility index (Phi) is 4.40. The van der Waals surface area contributed by atoms with Crippen LogP contribution in [0.5, 0.6) is 0 Å². The van der Waals surface area contributed by atoms with Gasteiger partial charge in [0.15, 0.2) is 0 Å². The zero-order chi connectivity index (χ0) is 16.6. The van der Waals surface area contributed by atoms with E-state index in [-0.39, 0.29) is 37.6 Å². The molecule has 126 valence electrons. The number of aryl methyl sites for hydroxylation is 1. The van der Waals surface area contributed by atoms with Gasteiger partial charge in [-0.1, -0.05) is 0 Å². The molecule has 2 amide bonds. The van der Waals surface area contributed by atoms with Crippen molar-refractivity contribution in [2.24, 2.45) is 5.92 Å². The Bertz CT molecular complexity index is 622. The third-order valence-electron chi connectivity index (χ3n) is 4.44. The molecule has 2 aliphatic rings. The molecule has 1 aliphatic heterocycles. The van der Waals surface area contributed by atoms with Gasteiger partial charge in [-0.3, -0.25) is 9.59 Å². The molecule has 1 aliphatic carbocycles. The van der Waals surface area contributed by atoms with Crippen LogP contribution in [0, 0.1) is 12.8 Å². The summed E-state index contributed by atoms with van der Waals surface area (Å²) in [5.41, 5.74) is 1.22. The third-order valence-corrected chi connectivity index (χ3v) is 5.59. The smallest absolute Gasteiger partial charge is 0.249 e. The van der Waals surface area contributed by atoms with Crippen molar-refractivity contribution < 1.29 is 18.4 Å². The molecule has 23 heavy (non-hydrogen) atoms. The summed E-state index contributed by atoms with van der Waals surface area (Å²) in [6.07, 6.45) is 0.342. The highest BCUT2D eigenvalue weighted by Gasteiger charge is 2.48. The zero-order valence-electron chi connectivity index (χ0n) is 13.0. The molecule has 0 unspecified atom stereocenters. The lowest BCUT2D eigenvalue weighted by Gasteiger charge is -2.33. The fourth-order valence-electron chi connectivity index (χ4n) is 3.14. The highest BCUT2D eigenvalue weighted by molar-refractivity contribution is 7.12. The van der Waals surface area contributed by atoms with Gasteiger partial charge in [0.2, 0.25) is 17.7 Å². The summed E-state index contributed by atoms with van der Waals surface area (Å²) in [6.45, 7) is 3.61. The molecule has 0 aromatic carbocycles. The second-order valence-corrected chi connectivity index (χ2v) is 7.71. The first kappa shape index (κ1) is 16.4. The molecular formula is C16H20F2N2O2S. The summed E-state index contributed by atoms with van der Waals surface area (Å²) in [4.78, 5) is 28.3. The Hall–Kier alpha value is -1.50. The predicted molar refractivity (Wildman–Crippen MR) is 83.5 cm³/mol. The van der Waals surface area contributed by atoms with Gasteiger partial charge in [0.1, 0.15) is 0 Å². The van der Waals surface area contributed by atoms with E-state index in [1.165, 1.54) is 15.3 Å². The largest absolute Gasteiger partial charge is 0.355 e. The summed E-state index contributed by atoms with van der Waals surface area (Å²) in [5, 5.41) is 2.60. The minimum Gasteiger partial charge on any atom is -0.355 e. The number of fused-ring (bicyclic) bond motifs is 1. The molecule has 0 saturated heterocycles. The summed E-state index contributed by atoms with van der Waals surface area (Å²) in [7, 11) is 0. The number of nitrogens with one attached hydrogen (secondary N) is 1. The van der Waals surface area contributed by atoms with Crippen molar-refractivity contribution in [3.05, 3.63) is 21.4 Å².